The maximum absolute atomic E-state index is 12.3. The zero-order valence-corrected chi connectivity index (χ0v) is 12.6. The second-order valence-corrected chi connectivity index (χ2v) is 5.49. The molecule has 0 radical (unpaired) electrons. The van der Waals surface area contributed by atoms with Gasteiger partial charge in [-0.25, -0.2) is 0 Å². The van der Waals surface area contributed by atoms with Crippen LogP contribution in [0.2, 0.25) is 10.0 Å². The lowest BCUT2D eigenvalue weighted by atomic mass is 9.73. The Bertz CT molecular complexity index is 423. The van der Waals surface area contributed by atoms with Gasteiger partial charge in [0.25, 0.3) is 0 Å². The fourth-order valence-corrected chi connectivity index (χ4v) is 2.69. The van der Waals surface area contributed by atoms with Gasteiger partial charge in [0.2, 0.25) is 0 Å². The van der Waals surface area contributed by atoms with Crippen LogP contribution in [-0.2, 0) is 14.9 Å². The van der Waals surface area contributed by atoms with E-state index in [-0.39, 0.29) is 11.9 Å². The Labute approximate surface area is 118 Å². The Morgan fingerprint density at radius 2 is 1.83 bits per heavy atom. The summed E-state index contributed by atoms with van der Waals surface area (Å²) in [4.78, 5) is 12.3. The van der Waals surface area contributed by atoms with Crippen LogP contribution in [0.3, 0.4) is 0 Å². The van der Waals surface area contributed by atoms with Crippen molar-refractivity contribution >= 4 is 29.2 Å². The summed E-state index contributed by atoms with van der Waals surface area (Å²) >= 11 is 12.4. The van der Waals surface area contributed by atoms with Gasteiger partial charge in [-0.1, -0.05) is 43.1 Å². The third-order valence-corrected chi connectivity index (χ3v) is 3.97. The van der Waals surface area contributed by atoms with Crippen LogP contribution in [-0.4, -0.2) is 12.6 Å². The molecule has 1 unspecified atom stereocenters. The molecule has 1 aromatic carbocycles. The van der Waals surface area contributed by atoms with Gasteiger partial charge >= 0.3 is 5.97 Å². The van der Waals surface area contributed by atoms with Gasteiger partial charge in [-0.15, -0.1) is 0 Å². The zero-order valence-electron chi connectivity index (χ0n) is 11.1. The molecular weight excluding hydrogens is 271 g/mol. The predicted molar refractivity (Wildman–Crippen MR) is 75.3 cm³/mol. The normalized spacial score (nSPS) is 14.4. The standard InChI is InChI=1S/C14H18Cl2O2/c1-5-18-13(17)14(4,9(2)3)12-10(15)7-6-8-11(12)16/h6-9H,5H2,1-4H3. The summed E-state index contributed by atoms with van der Waals surface area (Å²) in [7, 11) is 0. The summed E-state index contributed by atoms with van der Waals surface area (Å²) in [5.41, 5.74) is -0.201. The van der Waals surface area contributed by atoms with Crippen LogP contribution in [0.25, 0.3) is 0 Å². The van der Waals surface area contributed by atoms with E-state index < -0.39 is 5.41 Å². The van der Waals surface area contributed by atoms with Gasteiger partial charge < -0.3 is 4.74 Å². The fourth-order valence-electron chi connectivity index (χ4n) is 1.90. The Kier molecular flexibility index (Phi) is 5.06. The summed E-state index contributed by atoms with van der Waals surface area (Å²) in [6.45, 7) is 7.85. The third-order valence-electron chi connectivity index (χ3n) is 3.34. The molecule has 0 heterocycles. The van der Waals surface area contributed by atoms with Crippen LogP contribution >= 0.6 is 23.2 Å². The van der Waals surface area contributed by atoms with E-state index in [0.29, 0.717) is 22.2 Å². The van der Waals surface area contributed by atoms with E-state index in [9.17, 15) is 4.79 Å². The summed E-state index contributed by atoms with van der Waals surface area (Å²) in [6, 6.07) is 5.24. The van der Waals surface area contributed by atoms with Gasteiger partial charge in [0.1, 0.15) is 0 Å². The number of carbonyl (C=O) groups is 1. The quantitative estimate of drug-likeness (QED) is 0.764. The molecule has 0 aromatic heterocycles. The zero-order chi connectivity index (χ0) is 13.9. The minimum absolute atomic E-state index is 0.0222. The minimum atomic E-state index is -0.842. The fraction of sp³-hybridized carbons (Fsp3) is 0.500. The lowest BCUT2D eigenvalue weighted by molar-refractivity contribution is -0.151. The Hall–Kier alpha value is -0.730. The smallest absolute Gasteiger partial charge is 0.316 e. The van der Waals surface area contributed by atoms with Crippen molar-refractivity contribution in [2.45, 2.75) is 33.1 Å². The first kappa shape index (κ1) is 15.3. The lowest BCUT2D eigenvalue weighted by Crippen LogP contribution is -2.40. The highest BCUT2D eigenvalue weighted by Crippen LogP contribution is 2.41. The van der Waals surface area contributed by atoms with Crippen molar-refractivity contribution < 1.29 is 9.53 Å². The van der Waals surface area contributed by atoms with Crippen molar-refractivity contribution in [2.75, 3.05) is 6.61 Å². The molecule has 0 aliphatic carbocycles. The van der Waals surface area contributed by atoms with Crippen molar-refractivity contribution in [1.29, 1.82) is 0 Å². The first-order valence-electron chi connectivity index (χ1n) is 5.97. The van der Waals surface area contributed by atoms with Gasteiger partial charge in [-0.3, -0.25) is 4.79 Å². The number of carbonyl (C=O) groups excluding carboxylic acids is 1. The van der Waals surface area contributed by atoms with Crippen LogP contribution in [0, 0.1) is 5.92 Å². The average Bonchev–Trinajstić information content (AvgIpc) is 2.28. The van der Waals surface area contributed by atoms with E-state index in [1.54, 1.807) is 25.1 Å². The number of halogens is 2. The molecule has 0 aliphatic heterocycles. The second kappa shape index (κ2) is 5.94. The van der Waals surface area contributed by atoms with Gasteiger partial charge in [0, 0.05) is 15.6 Å². The summed E-state index contributed by atoms with van der Waals surface area (Å²) in [5.74, 6) is -0.274. The summed E-state index contributed by atoms with van der Waals surface area (Å²) in [6.07, 6.45) is 0. The topological polar surface area (TPSA) is 26.3 Å². The molecule has 4 heteroatoms. The molecule has 0 bridgehead atoms. The highest BCUT2D eigenvalue weighted by atomic mass is 35.5. The van der Waals surface area contributed by atoms with Gasteiger partial charge in [-0.2, -0.15) is 0 Å². The molecule has 18 heavy (non-hydrogen) atoms. The third kappa shape index (κ3) is 2.65. The van der Waals surface area contributed by atoms with E-state index in [0.717, 1.165) is 0 Å². The number of hydrogen-bond donors (Lipinski definition) is 0. The van der Waals surface area contributed by atoms with Gasteiger partial charge in [0.15, 0.2) is 0 Å². The maximum Gasteiger partial charge on any atom is 0.316 e. The van der Waals surface area contributed by atoms with E-state index in [1.165, 1.54) is 0 Å². The molecule has 0 spiro atoms. The first-order valence-corrected chi connectivity index (χ1v) is 6.73. The van der Waals surface area contributed by atoms with Crippen LogP contribution in [0.15, 0.2) is 18.2 Å². The summed E-state index contributed by atoms with van der Waals surface area (Å²) in [5, 5.41) is 0.985. The number of benzene rings is 1. The predicted octanol–water partition coefficient (Wildman–Crippen LogP) is 4.47. The largest absolute Gasteiger partial charge is 0.465 e. The summed E-state index contributed by atoms with van der Waals surface area (Å²) < 4.78 is 5.18. The van der Waals surface area contributed by atoms with Crippen molar-refractivity contribution in [3.8, 4) is 0 Å². The average molecular weight is 289 g/mol. The monoisotopic (exact) mass is 288 g/mol. The molecule has 0 saturated heterocycles. The molecule has 2 nitrogen and oxygen atoms in total. The van der Waals surface area contributed by atoms with Crippen molar-refractivity contribution in [3.63, 3.8) is 0 Å². The first-order chi connectivity index (χ1) is 8.35. The highest BCUT2D eigenvalue weighted by molar-refractivity contribution is 6.36. The molecule has 0 saturated carbocycles. The number of rotatable bonds is 4. The second-order valence-electron chi connectivity index (χ2n) is 4.67. The van der Waals surface area contributed by atoms with Crippen LogP contribution < -0.4 is 0 Å². The Morgan fingerprint density at radius 3 is 2.22 bits per heavy atom. The van der Waals surface area contributed by atoms with E-state index >= 15 is 0 Å². The van der Waals surface area contributed by atoms with Gasteiger partial charge in [-0.05, 0) is 31.9 Å². The number of esters is 1. The molecule has 1 aromatic rings. The lowest BCUT2D eigenvalue weighted by Gasteiger charge is -2.33. The van der Waals surface area contributed by atoms with Crippen LogP contribution in [0.1, 0.15) is 33.3 Å². The number of hydrogen-bond acceptors (Lipinski definition) is 2. The van der Waals surface area contributed by atoms with Crippen LogP contribution in [0.5, 0.6) is 0 Å². The highest BCUT2D eigenvalue weighted by Gasteiger charge is 2.42. The Morgan fingerprint density at radius 1 is 1.33 bits per heavy atom. The molecule has 100 valence electrons. The minimum Gasteiger partial charge on any atom is -0.465 e. The maximum atomic E-state index is 12.3. The van der Waals surface area contributed by atoms with Gasteiger partial charge in [0.05, 0.1) is 12.0 Å². The molecule has 0 N–H and O–H groups in total. The molecule has 1 rings (SSSR count). The van der Waals surface area contributed by atoms with Crippen molar-refractivity contribution in [2.24, 2.45) is 5.92 Å². The molecule has 1 atom stereocenters. The van der Waals surface area contributed by atoms with Crippen molar-refractivity contribution in [1.82, 2.24) is 0 Å². The SMILES string of the molecule is CCOC(=O)C(C)(c1c(Cl)cccc1Cl)C(C)C. The van der Waals surface area contributed by atoms with E-state index in [4.69, 9.17) is 27.9 Å². The number of ether oxygens (including phenoxy) is 1. The molecule has 0 fully saturated rings. The van der Waals surface area contributed by atoms with Crippen LogP contribution in [0.4, 0.5) is 0 Å². The Balaban J connectivity index is 3.41. The molecular formula is C14H18Cl2O2. The van der Waals surface area contributed by atoms with Crippen molar-refractivity contribution in [3.05, 3.63) is 33.8 Å². The molecule has 0 aliphatic rings. The molecule has 0 amide bonds. The van der Waals surface area contributed by atoms with E-state index in [1.807, 2.05) is 20.8 Å². The van der Waals surface area contributed by atoms with E-state index in [2.05, 4.69) is 0 Å².